The average Bonchev–Trinajstić information content (AvgIpc) is 2.32. The highest BCUT2D eigenvalue weighted by Crippen LogP contribution is 2.20. The number of nitrogens with two attached hydrogens (primary N) is 1. The molecular weight excluding hydrogens is 328 g/mol. The predicted molar refractivity (Wildman–Crippen MR) is 86.9 cm³/mol. The summed E-state index contributed by atoms with van der Waals surface area (Å²) in [5, 5.41) is 2.94. The fourth-order valence-corrected chi connectivity index (χ4v) is 2.24. The summed E-state index contributed by atoms with van der Waals surface area (Å²) in [6.45, 7) is 2.73. The quantitative estimate of drug-likeness (QED) is 0.730. The number of carbonyl (C=O) groups excluding carboxylic acids is 1. The van der Waals surface area contributed by atoms with Gasteiger partial charge in [0.15, 0.2) is 0 Å². The lowest BCUT2D eigenvalue weighted by Gasteiger charge is -2.08. The van der Waals surface area contributed by atoms with Gasteiger partial charge in [-0.05, 0) is 50.1 Å². The molecule has 5 heteroatoms. The second-order valence-electron chi connectivity index (χ2n) is 4.46. The number of aryl methyl sites for hydroxylation is 1. The summed E-state index contributed by atoms with van der Waals surface area (Å²) in [6, 6.07) is 5.85. The molecule has 1 aromatic carbocycles. The van der Waals surface area contributed by atoms with Crippen molar-refractivity contribution in [3.63, 3.8) is 0 Å². The van der Waals surface area contributed by atoms with E-state index in [1.54, 1.807) is 0 Å². The Kier molecular flexibility index (Phi) is 9.92. The molecule has 1 rings (SSSR count). The van der Waals surface area contributed by atoms with Gasteiger partial charge in [-0.1, -0.05) is 28.8 Å². The van der Waals surface area contributed by atoms with Gasteiger partial charge in [0, 0.05) is 16.6 Å². The summed E-state index contributed by atoms with van der Waals surface area (Å²) < 4.78 is 1.03. The van der Waals surface area contributed by atoms with Crippen LogP contribution >= 0.6 is 28.3 Å². The molecular formula is C14H22BrClN2O. The molecule has 0 aliphatic rings. The Morgan fingerprint density at radius 2 is 1.95 bits per heavy atom. The number of hydrogen-bond donors (Lipinski definition) is 2. The van der Waals surface area contributed by atoms with E-state index in [9.17, 15) is 4.79 Å². The zero-order valence-corrected chi connectivity index (χ0v) is 13.6. The molecule has 0 saturated carbocycles. The summed E-state index contributed by atoms with van der Waals surface area (Å²) >= 11 is 3.41. The second-order valence-corrected chi connectivity index (χ2v) is 5.38. The minimum atomic E-state index is 0. The van der Waals surface area contributed by atoms with Crippen LogP contribution < -0.4 is 11.1 Å². The Hall–Kier alpha value is -0.580. The number of halogens is 2. The fraction of sp³-hybridized carbons (Fsp3) is 0.500. The van der Waals surface area contributed by atoms with E-state index in [2.05, 4.69) is 21.2 Å². The van der Waals surface area contributed by atoms with Gasteiger partial charge in [-0.15, -0.1) is 12.4 Å². The molecule has 19 heavy (non-hydrogen) atoms. The number of amides is 1. The lowest BCUT2D eigenvalue weighted by Crippen LogP contribution is -2.12. The first-order valence-corrected chi connectivity index (χ1v) is 7.19. The lowest BCUT2D eigenvalue weighted by molar-refractivity contribution is -0.116. The molecule has 1 amide bonds. The van der Waals surface area contributed by atoms with Crippen LogP contribution in [0.2, 0.25) is 0 Å². The SMILES string of the molecule is Cc1cc(Br)ccc1NC(=O)CCCCCCN.Cl. The number of unbranched alkanes of at least 4 members (excludes halogenated alkanes) is 3. The lowest BCUT2D eigenvalue weighted by atomic mass is 10.1. The normalized spacial score (nSPS) is 9.84. The molecule has 3 nitrogen and oxygen atoms in total. The minimum Gasteiger partial charge on any atom is -0.330 e. The molecule has 0 atom stereocenters. The zero-order chi connectivity index (χ0) is 13.4. The zero-order valence-electron chi connectivity index (χ0n) is 11.2. The van der Waals surface area contributed by atoms with Gasteiger partial charge in [0.05, 0.1) is 0 Å². The third-order valence-electron chi connectivity index (χ3n) is 2.82. The molecule has 0 aliphatic heterocycles. The van der Waals surface area contributed by atoms with E-state index in [0.29, 0.717) is 6.42 Å². The van der Waals surface area contributed by atoms with Crippen LogP contribution in [0.4, 0.5) is 5.69 Å². The van der Waals surface area contributed by atoms with Gasteiger partial charge >= 0.3 is 0 Å². The Labute approximate surface area is 129 Å². The Bertz CT molecular complexity index is 399. The maximum atomic E-state index is 11.7. The smallest absolute Gasteiger partial charge is 0.224 e. The molecule has 0 aliphatic carbocycles. The van der Waals surface area contributed by atoms with Crippen LogP contribution in [-0.4, -0.2) is 12.5 Å². The molecule has 0 heterocycles. The molecule has 0 spiro atoms. The van der Waals surface area contributed by atoms with Crippen LogP contribution in [0.1, 0.15) is 37.7 Å². The third kappa shape index (κ3) is 7.55. The van der Waals surface area contributed by atoms with Gasteiger partial charge in [-0.25, -0.2) is 0 Å². The van der Waals surface area contributed by atoms with E-state index in [1.807, 2.05) is 25.1 Å². The van der Waals surface area contributed by atoms with Crippen LogP contribution in [0.5, 0.6) is 0 Å². The molecule has 0 fully saturated rings. The van der Waals surface area contributed by atoms with Gasteiger partial charge in [0.2, 0.25) is 5.91 Å². The number of carbonyl (C=O) groups is 1. The minimum absolute atomic E-state index is 0. The van der Waals surface area contributed by atoms with E-state index >= 15 is 0 Å². The number of rotatable bonds is 7. The number of hydrogen-bond acceptors (Lipinski definition) is 2. The van der Waals surface area contributed by atoms with Crippen molar-refractivity contribution in [3.8, 4) is 0 Å². The summed E-state index contributed by atoms with van der Waals surface area (Å²) in [4.78, 5) is 11.7. The van der Waals surface area contributed by atoms with Crippen molar-refractivity contribution in [1.82, 2.24) is 0 Å². The summed E-state index contributed by atoms with van der Waals surface area (Å²) in [6.07, 6.45) is 4.75. The van der Waals surface area contributed by atoms with E-state index in [0.717, 1.165) is 48.0 Å². The molecule has 1 aromatic rings. The van der Waals surface area contributed by atoms with Crippen molar-refractivity contribution >= 4 is 39.9 Å². The van der Waals surface area contributed by atoms with Crippen LogP contribution in [0.15, 0.2) is 22.7 Å². The Morgan fingerprint density at radius 3 is 2.58 bits per heavy atom. The Morgan fingerprint density at radius 1 is 1.26 bits per heavy atom. The molecule has 3 N–H and O–H groups in total. The maximum absolute atomic E-state index is 11.7. The van der Waals surface area contributed by atoms with E-state index in [4.69, 9.17) is 5.73 Å². The van der Waals surface area contributed by atoms with Gasteiger partial charge in [0.1, 0.15) is 0 Å². The topological polar surface area (TPSA) is 55.1 Å². The van der Waals surface area contributed by atoms with Crippen LogP contribution in [0, 0.1) is 6.92 Å². The second kappa shape index (κ2) is 10.2. The standard InChI is InChI=1S/C14H21BrN2O.ClH/c1-11-10-12(15)7-8-13(11)17-14(18)6-4-2-3-5-9-16;/h7-8,10H,2-6,9,16H2,1H3,(H,17,18);1H. The summed E-state index contributed by atoms with van der Waals surface area (Å²) in [5.74, 6) is 0.0909. The molecule has 0 saturated heterocycles. The number of anilines is 1. The molecule has 0 bridgehead atoms. The molecule has 0 radical (unpaired) electrons. The average molecular weight is 350 g/mol. The van der Waals surface area contributed by atoms with Gasteiger partial charge < -0.3 is 11.1 Å². The van der Waals surface area contributed by atoms with E-state index in [1.165, 1.54) is 0 Å². The van der Waals surface area contributed by atoms with Crippen molar-refractivity contribution in [3.05, 3.63) is 28.2 Å². The maximum Gasteiger partial charge on any atom is 0.224 e. The van der Waals surface area contributed by atoms with Gasteiger partial charge in [0.25, 0.3) is 0 Å². The van der Waals surface area contributed by atoms with Crippen LogP contribution in [0.3, 0.4) is 0 Å². The number of benzene rings is 1. The van der Waals surface area contributed by atoms with Crippen molar-refractivity contribution in [2.75, 3.05) is 11.9 Å². The number of nitrogens with one attached hydrogen (secondary N) is 1. The monoisotopic (exact) mass is 348 g/mol. The molecule has 0 unspecified atom stereocenters. The third-order valence-corrected chi connectivity index (χ3v) is 3.31. The van der Waals surface area contributed by atoms with Crippen molar-refractivity contribution < 1.29 is 4.79 Å². The van der Waals surface area contributed by atoms with Crippen LogP contribution in [0.25, 0.3) is 0 Å². The highest BCUT2D eigenvalue weighted by molar-refractivity contribution is 9.10. The van der Waals surface area contributed by atoms with Crippen molar-refractivity contribution in [1.29, 1.82) is 0 Å². The summed E-state index contributed by atoms with van der Waals surface area (Å²) in [7, 11) is 0. The van der Waals surface area contributed by atoms with E-state index < -0.39 is 0 Å². The first kappa shape index (κ1) is 18.4. The summed E-state index contributed by atoms with van der Waals surface area (Å²) in [5.41, 5.74) is 7.38. The van der Waals surface area contributed by atoms with Crippen molar-refractivity contribution in [2.24, 2.45) is 5.73 Å². The fourth-order valence-electron chi connectivity index (χ4n) is 1.76. The predicted octanol–water partition coefficient (Wildman–Crippen LogP) is 4.03. The highest BCUT2D eigenvalue weighted by atomic mass is 79.9. The molecule has 108 valence electrons. The first-order chi connectivity index (χ1) is 8.63. The highest BCUT2D eigenvalue weighted by Gasteiger charge is 2.04. The van der Waals surface area contributed by atoms with E-state index in [-0.39, 0.29) is 18.3 Å². The van der Waals surface area contributed by atoms with Gasteiger partial charge in [-0.3, -0.25) is 4.79 Å². The van der Waals surface area contributed by atoms with Crippen LogP contribution in [-0.2, 0) is 4.79 Å². The first-order valence-electron chi connectivity index (χ1n) is 6.39. The Balaban J connectivity index is 0.00000324. The largest absolute Gasteiger partial charge is 0.330 e. The van der Waals surface area contributed by atoms with Gasteiger partial charge in [-0.2, -0.15) is 0 Å². The molecule has 0 aromatic heterocycles. The van der Waals surface area contributed by atoms with Crippen molar-refractivity contribution in [2.45, 2.75) is 39.0 Å².